The van der Waals surface area contributed by atoms with Gasteiger partial charge in [-0.15, -0.1) is 0 Å². The fourth-order valence-corrected chi connectivity index (χ4v) is 7.25. The van der Waals surface area contributed by atoms with Gasteiger partial charge in [0.2, 0.25) is 5.91 Å². The van der Waals surface area contributed by atoms with Crippen molar-refractivity contribution in [1.82, 2.24) is 15.4 Å². The Bertz CT molecular complexity index is 1810. The molecule has 0 bridgehead atoms. The van der Waals surface area contributed by atoms with Crippen LogP contribution in [0.1, 0.15) is 203 Å². The molecule has 0 aliphatic carbocycles. The Morgan fingerprint density at radius 1 is 0.638 bits per heavy atom. The van der Waals surface area contributed by atoms with Gasteiger partial charge in [-0.3, -0.25) is 9.59 Å². The molecule has 0 aliphatic heterocycles. The Kier molecular flexibility index (Phi) is 17.9. The van der Waals surface area contributed by atoms with Crippen molar-refractivity contribution in [3.05, 3.63) is 63.2 Å². The Morgan fingerprint density at radius 3 is 1.53 bits per heavy atom. The highest BCUT2D eigenvalue weighted by molar-refractivity contribution is 7.85. The first-order chi connectivity index (χ1) is 26.5. The van der Waals surface area contributed by atoms with Crippen molar-refractivity contribution in [2.75, 3.05) is 6.54 Å². The number of hydrogen-bond donors (Lipinski definition) is 3. The second-order valence-corrected chi connectivity index (χ2v) is 19.9. The maximum absolute atomic E-state index is 14.3. The van der Waals surface area contributed by atoms with Crippen molar-refractivity contribution in [2.24, 2.45) is 0 Å². The minimum atomic E-state index is -4.67. The maximum Gasteiger partial charge on any atom is 0.409 e. The molecule has 0 spiro atoms. The number of nitrogens with one attached hydrogen (secondary N) is 3. The van der Waals surface area contributed by atoms with E-state index < -0.39 is 51.4 Å². The number of rotatable bonds is 18. The van der Waals surface area contributed by atoms with Gasteiger partial charge < -0.3 is 24.3 Å². The zero-order valence-electron chi connectivity index (χ0n) is 37.9. The number of Topliss-reactive ketones (excluding diaryl/α,β-unsaturated/α-hetero) is 1. The molecule has 2 aromatic rings. The van der Waals surface area contributed by atoms with Crippen LogP contribution in [-0.4, -0.2) is 56.1 Å². The van der Waals surface area contributed by atoms with Gasteiger partial charge in [0.1, 0.15) is 11.2 Å². The molecule has 0 unspecified atom stereocenters. The average Bonchev–Trinajstić information content (AvgIpc) is 3.04. The van der Waals surface area contributed by atoms with Gasteiger partial charge in [0.05, 0.1) is 12.5 Å². The summed E-state index contributed by atoms with van der Waals surface area (Å²) in [6.45, 7) is 30.7. The molecule has 2 aromatic carbocycles. The summed E-state index contributed by atoms with van der Waals surface area (Å²) in [5, 5.41) is 5.43. The predicted octanol–water partition coefficient (Wildman–Crippen LogP) is 10.1. The first-order valence-electron chi connectivity index (χ1n) is 20.6. The van der Waals surface area contributed by atoms with Gasteiger partial charge in [-0.2, -0.15) is 8.42 Å². The van der Waals surface area contributed by atoms with Gasteiger partial charge in [0.25, 0.3) is 0 Å². The average molecular weight is 830 g/mol. The summed E-state index contributed by atoms with van der Waals surface area (Å²) in [4.78, 5) is 52.9. The first-order valence-corrected chi connectivity index (χ1v) is 22.0. The zero-order valence-corrected chi connectivity index (χ0v) is 38.7. The molecule has 0 aliphatic rings. The molecule has 2 rings (SSSR count). The third-order valence-corrected chi connectivity index (χ3v) is 10.2. The number of alkyl carbamates (subject to hydrolysis) is 2. The molecule has 0 fully saturated rings. The highest BCUT2D eigenvalue weighted by Crippen LogP contribution is 2.38. The van der Waals surface area contributed by atoms with E-state index in [4.69, 9.17) is 13.7 Å². The van der Waals surface area contributed by atoms with Crippen LogP contribution in [-0.2, 0) is 31.0 Å². The summed E-state index contributed by atoms with van der Waals surface area (Å²) in [6, 6.07) is 6.39. The lowest BCUT2D eigenvalue weighted by atomic mass is 9.83. The van der Waals surface area contributed by atoms with E-state index in [2.05, 4.69) is 69.0 Å². The van der Waals surface area contributed by atoms with Crippen LogP contribution >= 0.6 is 0 Å². The standard InChI is InChI=1S/C45H71N3O9S/c1-26(2)31-21-33(27(3)4)37(34(22-31)28(5)6)25-39(49)48-58(53,54)57-41-35(29(7)8)23-32(24-36(41)30(9)10)40(50)38(47-43(52)56-45(14,15)16)19-17-18-20-46-42(51)55-44(11,12)13/h21-24,26-30,38H,17-20,25H2,1-16H3,(H,46,51)(H,47,52)(H,48,49)/t38-/m0/s1. The third kappa shape index (κ3) is 15.9. The van der Waals surface area contributed by atoms with Gasteiger partial charge in [0, 0.05) is 12.1 Å². The minimum absolute atomic E-state index is 0.0405. The molecule has 58 heavy (non-hydrogen) atoms. The minimum Gasteiger partial charge on any atom is -0.444 e. The monoisotopic (exact) mass is 829 g/mol. The number of benzene rings is 2. The summed E-state index contributed by atoms with van der Waals surface area (Å²) in [6.07, 6.45) is -0.246. The van der Waals surface area contributed by atoms with Crippen LogP contribution in [0.2, 0.25) is 0 Å². The van der Waals surface area contributed by atoms with Crippen molar-refractivity contribution in [1.29, 1.82) is 0 Å². The van der Waals surface area contributed by atoms with E-state index in [1.807, 2.05) is 27.7 Å². The number of ketones is 1. The van der Waals surface area contributed by atoms with E-state index in [0.29, 0.717) is 30.5 Å². The molecule has 1 atom stereocenters. The highest BCUT2D eigenvalue weighted by atomic mass is 32.2. The number of unbranched alkanes of at least 4 members (excludes halogenated alkanes) is 1. The lowest BCUT2D eigenvalue weighted by Crippen LogP contribution is -2.43. The zero-order chi connectivity index (χ0) is 44.5. The Balaban J connectivity index is 2.47. The maximum atomic E-state index is 14.3. The number of carbonyl (C=O) groups is 4. The van der Waals surface area contributed by atoms with Crippen molar-refractivity contribution in [3.63, 3.8) is 0 Å². The van der Waals surface area contributed by atoms with Crippen LogP contribution in [0.3, 0.4) is 0 Å². The molecule has 3 amide bonds. The van der Waals surface area contributed by atoms with Crippen LogP contribution in [0.4, 0.5) is 9.59 Å². The molecule has 0 saturated carbocycles. The molecular weight excluding hydrogens is 759 g/mol. The second kappa shape index (κ2) is 20.7. The van der Waals surface area contributed by atoms with Gasteiger partial charge in [0.15, 0.2) is 11.5 Å². The van der Waals surface area contributed by atoms with Gasteiger partial charge in [-0.05, 0) is 136 Å². The van der Waals surface area contributed by atoms with E-state index in [9.17, 15) is 27.6 Å². The van der Waals surface area contributed by atoms with E-state index in [-0.39, 0.29) is 53.7 Å². The van der Waals surface area contributed by atoms with Gasteiger partial charge in [-0.25, -0.2) is 14.3 Å². The number of ether oxygens (including phenoxy) is 2. The Morgan fingerprint density at radius 2 is 1.10 bits per heavy atom. The number of hydrogen-bond acceptors (Lipinski definition) is 9. The summed E-state index contributed by atoms with van der Waals surface area (Å²) < 4.78 is 46.0. The molecule has 3 N–H and O–H groups in total. The fraction of sp³-hybridized carbons (Fsp3) is 0.644. The molecular formula is C45H71N3O9S. The molecule has 0 saturated heterocycles. The van der Waals surface area contributed by atoms with Crippen LogP contribution in [0.5, 0.6) is 5.75 Å². The van der Waals surface area contributed by atoms with Crippen molar-refractivity contribution >= 4 is 34.2 Å². The van der Waals surface area contributed by atoms with Crippen LogP contribution in [0.25, 0.3) is 0 Å². The van der Waals surface area contributed by atoms with Crippen molar-refractivity contribution in [2.45, 2.75) is 183 Å². The fourth-order valence-electron chi connectivity index (χ4n) is 6.44. The van der Waals surface area contributed by atoms with Crippen LogP contribution in [0.15, 0.2) is 24.3 Å². The summed E-state index contributed by atoms with van der Waals surface area (Å²) in [7, 11) is -4.67. The van der Waals surface area contributed by atoms with Gasteiger partial charge >= 0.3 is 22.5 Å². The summed E-state index contributed by atoms with van der Waals surface area (Å²) in [5.74, 6) is -1.19. The molecule has 0 radical (unpaired) electrons. The predicted molar refractivity (Wildman–Crippen MR) is 230 cm³/mol. The van der Waals surface area contributed by atoms with E-state index >= 15 is 0 Å². The SMILES string of the molecule is CC(C)c1cc(C(C)C)c(CC(=O)NS(=O)(=O)Oc2c(C(C)C)cc(C(=O)[C@H](CCCCNC(=O)OC(C)(C)C)NC(=O)OC(C)(C)C)cc2C(C)C)c(C(C)C)c1. The van der Waals surface area contributed by atoms with E-state index in [1.54, 1.807) is 53.7 Å². The molecule has 0 aromatic heterocycles. The second-order valence-electron chi connectivity index (χ2n) is 18.7. The third-order valence-electron chi connectivity index (χ3n) is 9.29. The highest BCUT2D eigenvalue weighted by Gasteiger charge is 2.30. The topological polar surface area (TPSA) is 166 Å². The summed E-state index contributed by atoms with van der Waals surface area (Å²) in [5.41, 5.74) is 3.67. The quantitative estimate of drug-likeness (QED) is 0.0979. The lowest BCUT2D eigenvalue weighted by molar-refractivity contribution is -0.118. The van der Waals surface area contributed by atoms with Crippen molar-refractivity contribution in [3.8, 4) is 5.75 Å². The smallest absolute Gasteiger partial charge is 0.409 e. The lowest BCUT2D eigenvalue weighted by Gasteiger charge is -2.25. The Labute approximate surface area is 348 Å². The molecule has 0 heterocycles. The largest absolute Gasteiger partial charge is 0.444 e. The van der Waals surface area contributed by atoms with Crippen LogP contribution in [0, 0.1) is 0 Å². The Hall–Kier alpha value is -4.13. The normalized spacial score (nSPS) is 12.9. The number of amides is 3. The van der Waals surface area contributed by atoms with Gasteiger partial charge in [-0.1, -0.05) is 81.4 Å². The summed E-state index contributed by atoms with van der Waals surface area (Å²) >= 11 is 0. The number of carbonyl (C=O) groups excluding carboxylic acids is 4. The van der Waals surface area contributed by atoms with Crippen LogP contribution < -0.4 is 19.5 Å². The molecule has 13 heteroatoms. The van der Waals surface area contributed by atoms with E-state index in [0.717, 1.165) is 22.3 Å². The molecule has 12 nitrogen and oxygen atoms in total. The van der Waals surface area contributed by atoms with Crippen molar-refractivity contribution < 1.29 is 41.3 Å². The van der Waals surface area contributed by atoms with E-state index in [1.165, 1.54) is 0 Å². The molecule has 326 valence electrons. The first kappa shape index (κ1) is 50.0.